The van der Waals surface area contributed by atoms with Crippen LogP contribution in [0.25, 0.3) is 0 Å². The Labute approximate surface area is 121 Å². The first-order chi connectivity index (χ1) is 9.60. The molecule has 5 heteroatoms. The van der Waals surface area contributed by atoms with Crippen LogP contribution in [0.5, 0.6) is 0 Å². The Morgan fingerprint density at radius 3 is 2.80 bits per heavy atom. The van der Waals surface area contributed by atoms with Gasteiger partial charge in [0.05, 0.1) is 36.8 Å². The molecule has 2 atom stereocenters. The van der Waals surface area contributed by atoms with E-state index in [1.54, 1.807) is 0 Å². The Morgan fingerprint density at radius 1 is 1.40 bits per heavy atom. The molecule has 0 aliphatic carbocycles. The molecule has 1 fully saturated rings. The molecule has 1 saturated heterocycles. The van der Waals surface area contributed by atoms with Gasteiger partial charge in [-0.15, -0.1) is 0 Å². The number of rotatable bonds is 5. The lowest BCUT2D eigenvalue weighted by atomic mass is 10.1. The summed E-state index contributed by atoms with van der Waals surface area (Å²) in [5.74, 6) is 0.959. The maximum atomic E-state index is 5.72. The van der Waals surface area contributed by atoms with Crippen LogP contribution in [0.2, 0.25) is 0 Å². The average Bonchev–Trinajstić information content (AvgIpc) is 2.45. The molecule has 2 rings (SSSR count). The van der Waals surface area contributed by atoms with Crippen LogP contribution in [-0.4, -0.2) is 41.3 Å². The van der Waals surface area contributed by atoms with Crippen LogP contribution in [-0.2, 0) is 11.3 Å². The molecule has 0 saturated carbocycles. The van der Waals surface area contributed by atoms with Crippen LogP contribution < -0.4 is 10.2 Å². The number of morpholine rings is 1. The fraction of sp³-hybridized carbons (Fsp3) is 0.733. The number of aromatic nitrogens is 2. The molecule has 20 heavy (non-hydrogen) atoms. The largest absolute Gasteiger partial charge is 0.375 e. The summed E-state index contributed by atoms with van der Waals surface area (Å²) >= 11 is 0. The van der Waals surface area contributed by atoms with E-state index in [0.29, 0.717) is 12.1 Å². The molecular weight excluding hydrogens is 252 g/mol. The zero-order chi connectivity index (χ0) is 14.5. The second-order valence-corrected chi connectivity index (χ2v) is 5.76. The lowest BCUT2D eigenvalue weighted by molar-refractivity contribution is 0.0296. The van der Waals surface area contributed by atoms with E-state index in [2.05, 4.69) is 47.9 Å². The molecule has 1 aliphatic rings. The molecule has 0 bridgehead atoms. The normalized spacial score (nSPS) is 23.4. The first-order valence-electron chi connectivity index (χ1n) is 7.52. The summed E-state index contributed by atoms with van der Waals surface area (Å²) in [6.45, 7) is 11.0. The van der Waals surface area contributed by atoms with Gasteiger partial charge in [0.15, 0.2) is 0 Å². The third kappa shape index (κ3) is 3.90. The molecule has 0 aromatic carbocycles. The van der Waals surface area contributed by atoms with Crippen molar-refractivity contribution in [3.63, 3.8) is 0 Å². The highest BCUT2D eigenvalue weighted by Crippen LogP contribution is 2.20. The van der Waals surface area contributed by atoms with Crippen LogP contribution in [0.1, 0.15) is 39.8 Å². The summed E-state index contributed by atoms with van der Waals surface area (Å²) in [6.07, 6.45) is 5.07. The van der Waals surface area contributed by atoms with E-state index in [1.165, 1.54) is 0 Å². The fourth-order valence-electron chi connectivity index (χ4n) is 2.36. The molecule has 2 heterocycles. The summed E-state index contributed by atoms with van der Waals surface area (Å²) in [7, 11) is 0. The van der Waals surface area contributed by atoms with Gasteiger partial charge in [-0.25, -0.2) is 4.98 Å². The Hall–Kier alpha value is -1.20. The minimum atomic E-state index is 0.252. The quantitative estimate of drug-likeness (QED) is 0.892. The van der Waals surface area contributed by atoms with Crippen molar-refractivity contribution in [2.24, 2.45) is 0 Å². The first-order valence-corrected chi connectivity index (χ1v) is 7.52. The maximum absolute atomic E-state index is 5.72. The van der Waals surface area contributed by atoms with Gasteiger partial charge in [-0.2, -0.15) is 0 Å². The van der Waals surface area contributed by atoms with Gasteiger partial charge >= 0.3 is 0 Å². The number of hydrogen-bond donors (Lipinski definition) is 1. The van der Waals surface area contributed by atoms with E-state index >= 15 is 0 Å². The Morgan fingerprint density at radius 2 is 2.20 bits per heavy atom. The number of nitrogens with one attached hydrogen (secondary N) is 1. The van der Waals surface area contributed by atoms with Crippen LogP contribution in [0.3, 0.4) is 0 Å². The van der Waals surface area contributed by atoms with Gasteiger partial charge in [-0.3, -0.25) is 4.98 Å². The van der Waals surface area contributed by atoms with Crippen molar-refractivity contribution >= 4 is 5.82 Å². The van der Waals surface area contributed by atoms with Crippen molar-refractivity contribution in [1.82, 2.24) is 15.3 Å². The van der Waals surface area contributed by atoms with E-state index in [9.17, 15) is 0 Å². The SMILES string of the molecule is CCC1COC(C)CN1c1cnc(CNC(C)C)cn1. The molecular formula is C15H26N4O. The third-order valence-electron chi connectivity index (χ3n) is 3.62. The summed E-state index contributed by atoms with van der Waals surface area (Å²) < 4.78 is 5.72. The summed E-state index contributed by atoms with van der Waals surface area (Å²) in [4.78, 5) is 11.4. The second kappa shape index (κ2) is 6.99. The van der Waals surface area contributed by atoms with Gasteiger partial charge in [0.2, 0.25) is 0 Å². The van der Waals surface area contributed by atoms with Crippen LogP contribution in [0, 0.1) is 0 Å². The standard InChI is InChI=1S/C15H26N4O/c1-5-14-10-20-12(4)9-19(14)15-8-17-13(7-18-15)6-16-11(2)3/h7-8,11-12,14,16H,5-6,9-10H2,1-4H3. The van der Waals surface area contributed by atoms with Gasteiger partial charge in [0.25, 0.3) is 0 Å². The summed E-state index contributed by atoms with van der Waals surface area (Å²) in [5.41, 5.74) is 0.983. The smallest absolute Gasteiger partial charge is 0.147 e. The maximum Gasteiger partial charge on any atom is 0.147 e. The predicted octanol–water partition coefficient (Wildman–Crippen LogP) is 1.98. The average molecular weight is 278 g/mol. The Kier molecular flexibility index (Phi) is 5.31. The topological polar surface area (TPSA) is 50.3 Å². The van der Waals surface area contributed by atoms with Crippen LogP contribution in [0.4, 0.5) is 5.82 Å². The summed E-state index contributed by atoms with van der Waals surface area (Å²) in [5, 5.41) is 3.35. The van der Waals surface area contributed by atoms with E-state index in [1.807, 2.05) is 12.4 Å². The molecule has 5 nitrogen and oxygen atoms in total. The highest BCUT2D eigenvalue weighted by atomic mass is 16.5. The van der Waals surface area contributed by atoms with Crippen molar-refractivity contribution in [1.29, 1.82) is 0 Å². The van der Waals surface area contributed by atoms with Crippen LogP contribution in [0.15, 0.2) is 12.4 Å². The lowest BCUT2D eigenvalue weighted by Gasteiger charge is -2.38. The Bertz CT molecular complexity index is 407. The number of nitrogens with zero attached hydrogens (tertiary/aromatic N) is 3. The number of ether oxygens (including phenoxy) is 1. The van der Waals surface area contributed by atoms with Gasteiger partial charge < -0.3 is 15.0 Å². The summed E-state index contributed by atoms with van der Waals surface area (Å²) in [6, 6.07) is 0.862. The molecule has 0 radical (unpaired) electrons. The van der Waals surface area contributed by atoms with Crippen molar-refractivity contribution in [3.8, 4) is 0 Å². The minimum Gasteiger partial charge on any atom is -0.375 e. The monoisotopic (exact) mass is 278 g/mol. The van der Waals surface area contributed by atoms with E-state index in [-0.39, 0.29) is 6.10 Å². The van der Waals surface area contributed by atoms with E-state index < -0.39 is 0 Å². The minimum absolute atomic E-state index is 0.252. The van der Waals surface area contributed by atoms with Crippen molar-refractivity contribution < 1.29 is 4.74 Å². The fourth-order valence-corrected chi connectivity index (χ4v) is 2.36. The molecule has 2 unspecified atom stereocenters. The van der Waals surface area contributed by atoms with Crippen molar-refractivity contribution in [2.75, 3.05) is 18.1 Å². The molecule has 1 aromatic heterocycles. The number of hydrogen-bond acceptors (Lipinski definition) is 5. The first kappa shape index (κ1) is 15.2. The van der Waals surface area contributed by atoms with E-state index in [4.69, 9.17) is 4.74 Å². The number of anilines is 1. The van der Waals surface area contributed by atoms with Gasteiger partial charge in [-0.1, -0.05) is 20.8 Å². The molecule has 1 N–H and O–H groups in total. The molecule has 0 spiro atoms. The molecule has 112 valence electrons. The van der Waals surface area contributed by atoms with Crippen LogP contribution >= 0.6 is 0 Å². The molecule has 0 amide bonds. The van der Waals surface area contributed by atoms with Gasteiger partial charge in [0, 0.05) is 19.1 Å². The van der Waals surface area contributed by atoms with Crippen molar-refractivity contribution in [2.45, 2.75) is 58.8 Å². The predicted molar refractivity (Wildman–Crippen MR) is 80.8 cm³/mol. The van der Waals surface area contributed by atoms with Crippen molar-refractivity contribution in [3.05, 3.63) is 18.1 Å². The zero-order valence-corrected chi connectivity index (χ0v) is 13.0. The van der Waals surface area contributed by atoms with Gasteiger partial charge in [0.1, 0.15) is 5.82 Å². The zero-order valence-electron chi connectivity index (χ0n) is 13.0. The third-order valence-corrected chi connectivity index (χ3v) is 3.62. The van der Waals surface area contributed by atoms with E-state index in [0.717, 1.165) is 37.6 Å². The second-order valence-electron chi connectivity index (χ2n) is 5.76. The lowest BCUT2D eigenvalue weighted by Crippen LogP contribution is -2.49. The molecule has 1 aliphatic heterocycles. The molecule has 1 aromatic rings. The highest BCUT2D eigenvalue weighted by molar-refractivity contribution is 5.38. The highest BCUT2D eigenvalue weighted by Gasteiger charge is 2.26. The van der Waals surface area contributed by atoms with Gasteiger partial charge in [-0.05, 0) is 13.3 Å². The Balaban J connectivity index is 2.03.